The minimum Gasteiger partial charge on any atom is -0.313 e. The number of aromatic nitrogens is 1. The molecule has 3 aromatic rings. The summed E-state index contributed by atoms with van der Waals surface area (Å²) in [6.45, 7) is 2.17. The van der Waals surface area contributed by atoms with Crippen molar-refractivity contribution in [1.82, 2.24) is 10.3 Å². The number of rotatable bonds is 4. The molecule has 0 fully saturated rings. The number of nitrogens with one attached hydrogen (secondary N) is 1. The van der Waals surface area contributed by atoms with E-state index in [2.05, 4.69) is 65.8 Å². The minimum atomic E-state index is 0.291. The molecule has 0 bridgehead atoms. The summed E-state index contributed by atoms with van der Waals surface area (Å²) in [7, 11) is 2.03. The van der Waals surface area contributed by atoms with Crippen LogP contribution in [0, 0.1) is 6.92 Å². The molecule has 2 heteroatoms. The van der Waals surface area contributed by atoms with Crippen molar-refractivity contribution in [1.29, 1.82) is 0 Å². The third-order valence-electron chi connectivity index (χ3n) is 4.09. The van der Waals surface area contributed by atoms with E-state index in [1.807, 2.05) is 19.3 Å². The van der Waals surface area contributed by atoms with Gasteiger partial charge in [0, 0.05) is 17.6 Å². The first-order valence-electron chi connectivity index (χ1n) is 7.35. The lowest BCUT2D eigenvalue weighted by Gasteiger charge is -2.19. The van der Waals surface area contributed by atoms with Gasteiger partial charge in [-0.2, -0.15) is 0 Å². The summed E-state index contributed by atoms with van der Waals surface area (Å²) in [5.74, 6) is 0. The van der Waals surface area contributed by atoms with Crippen LogP contribution in [-0.4, -0.2) is 12.0 Å². The third-order valence-corrected chi connectivity index (χ3v) is 4.09. The van der Waals surface area contributed by atoms with Gasteiger partial charge in [-0.25, -0.2) is 0 Å². The summed E-state index contributed by atoms with van der Waals surface area (Å²) < 4.78 is 0. The highest BCUT2D eigenvalue weighted by Gasteiger charge is 2.14. The molecule has 0 saturated heterocycles. The Bertz CT molecular complexity index is 744. The van der Waals surface area contributed by atoms with Gasteiger partial charge in [0.1, 0.15) is 0 Å². The Balaban J connectivity index is 2.01. The first-order valence-corrected chi connectivity index (χ1v) is 7.35. The molecule has 0 saturated carbocycles. The smallest absolute Gasteiger partial charge is 0.0705 e. The quantitative estimate of drug-likeness (QED) is 0.777. The van der Waals surface area contributed by atoms with Gasteiger partial charge < -0.3 is 5.32 Å². The SMILES string of the molecule is CNC(Cc1ccccc1C)c1ccnc2ccccc12. The molecule has 1 N–H and O–H groups in total. The average Bonchev–Trinajstić information content (AvgIpc) is 2.54. The number of aryl methyl sites for hydroxylation is 1. The summed E-state index contributed by atoms with van der Waals surface area (Å²) >= 11 is 0. The number of benzene rings is 2. The normalized spacial score (nSPS) is 12.5. The highest BCUT2D eigenvalue weighted by Crippen LogP contribution is 2.26. The zero-order valence-corrected chi connectivity index (χ0v) is 12.5. The fraction of sp³-hybridized carbons (Fsp3) is 0.211. The van der Waals surface area contributed by atoms with Crippen LogP contribution in [0.15, 0.2) is 60.8 Å². The molecule has 0 radical (unpaired) electrons. The average molecular weight is 276 g/mol. The molecule has 0 aliphatic rings. The largest absolute Gasteiger partial charge is 0.313 e. The molecule has 0 amide bonds. The van der Waals surface area contributed by atoms with Crippen molar-refractivity contribution in [2.45, 2.75) is 19.4 Å². The van der Waals surface area contributed by atoms with Crippen molar-refractivity contribution in [3.8, 4) is 0 Å². The van der Waals surface area contributed by atoms with Crippen LogP contribution in [0.5, 0.6) is 0 Å². The number of fused-ring (bicyclic) bond motifs is 1. The molecular weight excluding hydrogens is 256 g/mol. The molecule has 0 aliphatic carbocycles. The van der Waals surface area contributed by atoms with Crippen LogP contribution in [0.1, 0.15) is 22.7 Å². The Labute approximate surface area is 125 Å². The van der Waals surface area contributed by atoms with Gasteiger partial charge in [0.25, 0.3) is 0 Å². The van der Waals surface area contributed by atoms with Crippen molar-refractivity contribution >= 4 is 10.9 Å². The molecule has 2 aromatic carbocycles. The molecule has 106 valence electrons. The van der Waals surface area contributed by atoms with E-state index < -0.39 is 0 Å². The van der Waals surface area contributed by atoms with Gasteiger partial charge in [-0.1, -0.05) is 42.5 Å². The number of pyridine rings is 1. The number of para-hydroxylation sites is 1. The van der Waals surface area contributed by atoms with Crippen LogP contribution in [-0.2, 0) is 6.42 Å². The van der Waals surface area contributed by atoms with Crippen molar-refractivity contribution < 1.29 is 0 Å². The highest BCUT2D eigenvalue weighted by molar-refractivity contribution is 5.82. The summed E-state index contributed by atoms with van der Waals surface area (Å²) in [6.07, 6.45) is 2.89. The maximum atomic E-state index is 4.46. The van der Waals surface area contributed by atoms with E-state index in [1.54, 1.807) is 0 Å². The molecule has 3 rings (SSSR count). The van der Waals surface area contributed by atoms with Crippen LogP contribution < -0.4 is 5.32 Å². The van der Waals surface area contributed by atoms with Crippen LogP contribution in [0.3, 0.4) is 0 Å². The maximum absolute atomic E-state index is 4.46. The first kappa shape index (κ1) is 13.8. The fourth-order valence-electron chi connectivity index (χ4n) is 2.85. The van der Waals surface area contributed by atoms with E-state index in [0.717, 1.165) is 11.9 Å². The summed E-state index contributed by atoms with van der Waals surface area (Å²) in [5.41, 5.74) is 5.10. The Morgan fingerprint density at radius 2 is 1.76 bits per heavy atom. The molecule has 1 aromatic heterocycles. The Morgan fingerprint density at radius 3 is 2.57 bits per heavy atom. The van der Waals surface area contributed by atoms with Crippen LogP contribution >= 0.6 is 0 Å². The molecular formula is C19H20N2. The predicted octanol–water partition coefficient (Wildman–Crippen LogP) is 4.05. The number of likely N-dealkylation sites (N-methyl/N-ethyl adjacent to an activating group) is 1. The number of hydrogen-bond donors (Lipinski definition) is 1. The van der Waals surface area contributed by atoms with E-state index in [9.17, 15) is 0 Å². The lowest BCUT2D eigenvalue weighted by atomic mass is 9.94. The molecule has 1 heterocycles. The van der Waals surface area contributed by atoms with E-state index in [-0.39, 0.29) is 0 Å². The topological polar surface area (TPSA) is 24.9 Å². The summed E-state index contributed by atoms with van der Waals surface area (Å²) in [6, 6.07) is 19.3. The zero-order chi connectivity index (χ0) is 14.7. The summed E-state index contributed by atoms with van der Waals surface area (Å²) in [5, 5.41) is 4.69. The van der Waals surface area contributed by atoms with Gasteiger partial charge in [-0.15, -0.1) is 0 Å². The van der Waals surface area contributed by atoms with Crippen molar-refractivity contribution in [3.63, 3.8) is 0 Å². The lowest BCUT2D eigenvalue weighted by molar-refractivity contribution is 0.594. The third kappa shape index (κ3) is 2.81. The van der Waals surface area contributed by atoms with Crippen LogP contribution in [0.2, 0.25) is 0 Å². The van der Waals surface area contributed by atoms with Gasteiger partial charge in [0.15, 0.2) is 0 Å². The number of hydrogen-bond acceptors (Lipinski definition) is 2. The lowest BCUT2D eigenvalue weighted by Crippen LogP contribution is -2.19. The van der Waals surface area contributed by atoms with Gasteiger partial charge in [-0.3, -0.25) is 4.98 Å². The zero-order valence-electron chi connectivity index (χ0n) is 12.5. The number of nitrogens with zero attached hydrogens (tertiary/aromatic N) is 1. The van der Waals surface area contributed by atoms with Gasteiger partial charge in [-0.05, 0) is 49.2 Å². The van der Waals surface area contributed by atoms with Crippen LogP contribution in [0.25, 0.3) is 10.9 Å². The van der Waals surface area contributed by atoms with E-state index >= 15 is 0 Å². The van der Waals surface area contributed by atoms with Crippen molar-refractivity contribution in [2.24, 2.45) is 0 Å². The standard InChI is InChI=1S/C19H20N2/c1-14-7-3-4-8-15(14)13-19(20-2)17-11-12-21-18-10-6-5-9-16(17)18/h3-12,19-20H,13H2,1-2H3. The fourth-order valence-corrected chi connectivity index (χ4v) is 2.85. The second-order valence-corrected chi connectivity index (χ2v) is 5.39. The molecule has 21 heavy (non-hydrogen) atoms. The van der Waals surface area contributed by atoms with Gasteiger partial charge >= 0.3 is 0 Å². The van der Waals surface area contributed by atoms with Crippen molar-refractivity contribution in [3.05, 3.63) is 77.5 Å². The minimum absolute atomic E-state index is 0.291. The monoisotopic (exact) mass is 276 g/mol. The van der Waals surface area contributed by atoms with Crippen molar-refractivity contribution in [2.75, 3.05) is 7.05 Å². The van der Waals surface area contributed by atoms with Gasteiger partial charge in [0.2, 0.25) is 0 Å². The summed E-state index contributed by atoms with van der Waals surface area (Å²) in [4.78, 5) is 4.46. The van der Waals surface area contributed by atoms with E-state index in [1.165, 1.54) is 22.1 Å². The Morgan fingerprint density at radius 1 is 1.00 bits per heavy atom. The van der Waals surface area contributed by atoms with Crippen LogP contribution in [0.4, 0.5) is 0 Å². The molecule has 1 atom stereocenters. The Kier molecular flexibility index (Phi) is 3.98. The maximum Gasteiger partial charge on any atom is 0.0705 e. The highest BCUT2D eigenvalue weighted by atomic mass is 14.9. The van der Waals surface area contributed by atoms with E-state index in [4.69, 9.17) is 0 Å². The molecule has 0 aliphatic heterocycles. The molecule has 1 unspecified atom stereocenters. The predicted molar refractivity (Wildman–Crippen MR) is 88.4 cm³/mol. The molecule has 0 spiro atoms. The van der Waals surface area contributed by atoms with E-state index in [0.29, 0.717) is 6.04 Å². The second-order valence-electron chi connectivity index (χ2n) is 5.39. The molecule has 2 nitrogen and oxygen atoms in total. The van der Waals surface area contributed by atoms with Gasteiger partial charge in [0.05, 0.1) is 5.52 Å². The first-order chi connectivity index (χ1) is 10.3. The Hall–Kier alpha value is -2.19. The second kappa shape index (κ2) is 6.06.